The molecule has 0 aliphatic heterocycles. The molecular weight excluding hydrogens is 385 g/mol. The maximum atomic E-state index is 11.2. The van der Waals surface area contributed by atoms with Crippen molar-refractivity contribution in [1.82, 2.24) is 0 Å². The van der Waals surface area contributed by atoms with Crippen LogP contribution in [-0.2, 0) is 0 Å². The molecule has 1 aromatic heterocycles. The van der Waals surface area contributed by atoms with Crippen molar-refractivity contribution in [2.24, 2.45) is 0 Å². The molecule has 0 amide bonds. The fourth-order valence-electron chi connectivity index (χ4n) is 3.23. The molecule has 0 atom stereocenters. The molecule has 4 rings (SSSR count). The third kappa shape index (κ3) is 3.01. The van der Waals surface area contributed by atoms with E-state index in [2.05, 4.69) is 85.5 Å². The first-order chi connectivity index (χ1) is 12.7. The van der Waals surface area contributed by atoms with Crippen LogP contribution in [0.2, 0.25) is 0 Å². The first-order valence-electron chi connectivity index (χ1n) is 8.57. The second-order valence-corrected chi connectivity index (χ2v) is 8.71. The SMILES string of the molecule is Cc1ccc(N(c2ccc(C=O)[se]2)c2ccc(C)c3ccccc23)cc1. The molecular formula is C23H19NOSe. The van der Waals surface area contributed by atoms with E-state index in [1.54, 1.807) is 0 Å². The number of anilines is 3. The Balaban J connectivity index is 1.98. The summed E-state index contributed by atoms with van der Waals surface area (Å²) in [5.41, 5.74) is 4.79. The van der Waals surface area contributed by atoms with Gasteiger partial charge in [-0.3, -0.25) is 0 Å². The summed E-state index contributed by atoms with van der Waals surface area (Å²) in [5, 5.41) is 2.49. The molecule has 0 saturated carbocycles. The summed E-state index contributed by atoms with van der Waals surface area (Å²) in [7, 11) is 0. The molecule has 0 radical (unpaired) electrons. The van der Waals surface area contributed by atoms with E-state index in [1.807, 2.05) is 6.07 Å². The van der Waals surface area contributed by atoms with Crippen LogP contribution in [0.15, 0.2) is 72.8 Å². The molecule has 0 unspecified atom stereocenters. The second-order valence-electron chi connectivity index (χ2n) is 6.41. The fourth-order valence-corrected chi connectivity index (χ4v) is 5.03. The molecule has 0 fully saturated rings. The Morgan fingerprint density at radius 3 is 2.23 bits per heavy atom. The molecule has 0 spiro atoms. The van der Waals surface area contributed by atoms with Crippen LogP contribution in [0.5, 0.6) is 0 Å². The van der Waals surface area contributed by atoms with Gasteiger partial charge in [0.25, 0.3) is 0 Å². The molecule has 26 heavy (non-hydrogen) atoms. The van der Waals surface area contributed by atoms with E-state index in [-0.39, 0.29) is 14.5 Å². The van der Waals surface area contributed by atoms with Crippen molar-refractivity contribution < 1.29 is 4.79 Å². The van der Waals surface area contributed by atoms with Gasteiger partial charge in [-0.05, 0) is 0 Å². The number of carbonyl (C=O) groups excluding carboxylic acids is 1. The van der Waals surface area contributed by atoms with Crippen molar-refractivity contribution in [3.8, 4) is 0 Å². The zero-order valence-electron chi connectivity index (χ0n) is 14.8. The van der Waals surface area contributed by atoms with Gasteiger partial charge < -0.3 is 0 Å². The summed E-state index contributed by atoms with van der Waals surface area (Å²) in [5.74, 6) is 0. The van der Waals surface area contributed by atoms with Gasteiger partial charge in [-0.2, -0.15) is 0 Å². The normalized spacial score (nSPS) is 10.8. The Kier molecular flexibility index (Phi) is 4.50. The summed E-state index contributed by atoms with van der Waals surface area (Å²) in [6.45, 7) is 4.24. The molecule has 0 aliphatic carbocycles. The number of aryl methyl sites for hydroxylation is 2. The van der Waals surface area contributed by atoms with E-state index >= 15 is 0 Å². The minimum atomic E-state index is 0.0125. The Morgan fingerprint density at radius 2 is 1.54 bits per heavy atom. The van der Waals surface area contributed by atoms with Crippen LogP contribution in [-0.4, -0.2) is 20.8 Å². The standard InChI is InChI=1S/C23H19NOSe/c1-16-7-10-18(11-8-16)24(23-14-12-19(15-25)26-23)22-13-9-17(2)20-5-3-4-6-21(20)22/h3-15H,1-2H3. The van der Waals surface area contributed by atoms with Crippen molar-refractivity contribution in [1.29, 1.82) is 0 Å². The molecule has 3 heteroatoms. The van der Waals surface area contributed by atoms with Crippen molar-refractivity contribution in [2.75, 3.05) is 4.90 Å². The number of fused-ring (bicyclic) bond motifs is 1. The molecule has 2 nitrogen and oxygen atoms in total. The van der Waals surface area contributed by atoms with Crippen molar-refractivity contribution >= 4 is 47.5 Å². The molecule has 128 valence electrons. The van der Waals surface area contributed by atoms with Gasteiger partial charge in [0.15, 0.2) is 0 Å². The van der Waals surface area contributed by atoms with Gasteiger partial charge in [-0.1, -0.05) is 0 Å². The summed E-state index contributed by atoms with van der Waals surface area (Å²) in [6, 6.07) is 25.5. The van der Waals surface area contributed by atoms with Gasteiger partial charge in [0.1, 0.15) is 0 Å². The molecule has 3 aromatic carbocycles. The van der Waals surface area contributed by atoms with E-state index in [0.29, 0.717) is 0 Å². The number of hydrogen-bond acceptors (Lipinski definition) is 2. The number of carbonyl (C=O) groups is 1. The van der Waals surface area contributed by atoms with Gasteiger partial charge in [0.2, 0.25) is 0 Å². The van der Waals surface area contributed by atoms with Crippen LogP contribution in [0, 0.1) is 13.8 Å². The molecule has 4 aromatic rings. The molecule has 0 N–H and O–H groups in total. The number of benzene rings is 3. The summed E-state index contributed by atoms with van der Waals surface area (Å²) in [4.78, 5) is 13.5. The minimum absolute atomic E-state index is 0.0125. The molecule has 0 bridgehead atoms. The average molecular weight is 404 g/mol. The molecule has 1 heterocycles. The average Bonchev–Trinajstić information content (AvgIpc) is 3.14. The van der Waals surface area contributed by atoms with Crippen LogP contribution in [0.4, 0.5) is 15.9 Å². The zero-order valence-corrected chi connectivity index (χ0v) is 16.5. The van der Waals surface area contributed by atoms with Crippen LogP contribution in [0.3, 0.4) is 0 Å². The van der Waals surface area contributed by atoms with Gasteiger partial charge in [0.05, 0.1) is 0 Å². The van der Waals surface area contributed by atoms with Crippen LogP contribution in [0.1, 0.15) is 20.4 Å². The fraction of sp³-hybridized carbons (Fsp3) is 0.0870. The first-order valence-corrected chi connectivity index (χ1v) is 10.3. The Labute approximate surface area is 159 Å². The predicted octanol–water partition coefficient (Wildman–Crippen LogP) is 5.80. The van der Waals surface area contributed by atoms with E-state index in [0.717, 1.165) is 22.1 Å². The van der Waals surface area contributed by atoms with Crippen molar-refractivity contribution in [3.63, 3.8) is 0 Å². The third-order valence-corrected chi connectivity index (χ3v) is 6.69. The monoisotopic (exact) mass is 405 g/mol. The van der Waals surface area contributed by atoms with E-state index in [4.69, 9.17) is 0 Å². The van der Waals surface area contributed by atoms with Gasteiger partial charge in [-0.25, -0.2) is 0 Å². The Hall–Kier alpha value is -2.61. The first kappa shape index (κ1) is 16.8. The van der Waals surface area contributed by atoms with E-state index in [9.17, 15) is 4.79 Å². The molecule has 0 saturated heterocycles. The van der Waals surface area contributed by atoms with Gasteiger partial charge in [0, 0.05) is 0 Å². The predicted molar refractivity (Wildman–Crippen MR) is 110 cm³/mol. The van der Waals surface area contributed by atoms with Crippen LogP contribution < -0.4 is 4.90 Å². The third-order valence-electron chi connectivity index (χ3n) is 4.60. The number of nitrogens with zero attached hydrogens (tertiary/aromatic N) is 1. The summed E-state index contributed by atoms with van der Waals surface area (Å²) in [6.07, 6.45) is 0.976. The zero-order chi connectivity index (χ0) is 18.1. The van der Waals surface area contributed by atoms with Gasteiger partial charge in [-0.15, -0.1) is 0 Å². The Morgan fingerprint density at radius 1 is 0.808 bits per heavy atom. The maximum absolute atomic E-state index is 11.2. The van der Waals surface area contributed by atoms with Gasteiger partial charge >= 0.3 is 159 Å². The second kappa shape index (κ2) is 6.95. The van der Waals surface area contributed by atoms with Crippen molar-refractivity contribution in [2.45, 2.75) is 13.8 Å². The topological polar surface area (TPSA) is 20.3 Å². The summed E-state index contributed by atoms with van der Waals surface area (Å²) >= 11 is 0.0125. The van der Waals surface area contributed by atoms with Crippen LogP contribution in [0.25, 0.3) is 10.8 Å². The summed E-state index contributed by atoms with van der Waals surface area (Å²) < 4.78 is 2.05. The van der Waals surface area contributed by atoms with Crippen molar-refractivity contribution in [3.05, 3.63) is 88.4 Å². The number of aldehydes is 1. The van der Waals surface area contributed by atoms with Crippen LogP contribution >= 0.6 is 0 Å². The van der Waals surface area contributed by atoms with E-state index in [1.165, 1.54) is 26.5 Å². The number of hydrogen-bond donors (Lipinski definition) is 0. The quantitative estimate of drug-likeness (QED) is 0.317. The number of rotatable bonds is 4. The molecule has 0 aliphatic rings. The van der Waals surface area contributed by atoms with E-state index < -0.39 is 0 Å². The Bertz CT molecular complexity index is 1080.